The van der Waals surface area contributed by atoms with E-state index in [0.717, 1.165) is 0 Å². The van der Waals surface area contributed by atoms with Crippen LogP contribution in [0.1, 0.15) is 27.7 Å². The maximum atomic E-state index is 9.42. The largest absolute Gasteiger partial charge is 0.396 e. The molecule has 0 bridgehead atoms. The molecule has 2 unspecified atom stereocenters. The van der Waals surface area contributed by atoms with Crippen LogP contribution in [0.15, 0.2) is 12.2 Å². The van der Waals surface area contributed by atoms with E-state index in [4.69, 9.17) is 0 Å². The maximum absolute atomic E-state index is 9.42. The molecule has 1 rings (SSSR count). The van der Waals surface area contributed by atoms with Gasteiger partial charge in [-0.15, -0.1) is 0 Å². The van der Waals surface area contributed by atoms with Crippen molar-refractivity contribution in [3.05, 3.63) is 12.2 Å². The predicted octanol–water partition coefficient (Wildman–Crippen LogP) is 1.83. The van der Waals surface area contributed by atoms with Gasteiger partial charge in [-0.1, -0.05) is 39.8 Å². The van der Waals surface area contributed by atoms with Gasteiger partial charge in [-0.25, -0.2) is 0 Å². The Morgan fingerprint density at radius 2 is 1.14 bits per heavy atom. The van der Waals surface area contributed by atoms with Gasteiger partial charge in [-0.3, -0.25) is 0 Å². The van der Waals surface area contributed by atoms with Gasteiger partial charge < -0.3 is 10.2 Å². The summed E-state index contributed by atoms with van der Waals surface area (Å²) in [6.07, 6.45) is 4.33. The van der Waals surface area contributed by atoms with Gasteiger partial charge in [0.2, 0.25) is 0 Å². The monoisotopic (exact) mass is 198 g/mol. The van der Waals surface area contributed by atoms with E-state index in [0.29, 0.717) is 0 Å². The molecule has 2 nitrogen and oxygen atoms in total. The summed E-state index contributed by atoms with van der Waals surface area (Å²) in [4.78, 5) is 0. The molecule has 0 heterocycles. The van der Waals surface area contributed by atoms with Crippen LogP contribution in [0.5, 0.6) is 0 Å². The highest BCUT2D eigenvalue weighted by Crippen LogP contribution is 2.47. The lowest BCUT2D eigenvalue weighted by Crippen LogP contribution is -2.44. The van der Waals surface area contributed by atoms with Gasteiger partial charge in [0.1, 0.15) is 0 Å². The van der Waals surface area contributed by atoms with E-state index in [1.54, 1.807) is 0 Å². The van der Waals surface area contributed by atoms with E-state index in [9.17, 15) is 10.2 Å². The third-order valence-electron chi connectivity index (χ3n) is 3.73. The minimum Gasteiger partial charge on any atom is -0.396 e. The molecule has 2 heteroatoms. The molecule has 0 spiro atoms. The van der Waals surface area contributed by atoms with Crippen molar-refractivity contribution < 1.29 is 10.2 Å². The van der Waals surface area contributed by atoms with E-state index in [2.05, 4.69) is 39.8 Å². The van der Waals surface area contributed by atoms with Gasteiger partial charge in [0.15, 0.2) is 0 Å². The molecular formula is C12H22O2. The zero-order valence-electron chi connectivity index (χ0n) is 9.62. The Bertz CT molecular complexity index is 204. The quantitative estimate of drug-likeness (QED) is 0.664. The van der Waals surface area contributed by atoms with Crippen molar-refractivity contribution in [2.45, 2.75) is 27.7 Å². The van der Waals surface area contributed by atoms with Crippen molar-refractivity contribution in [1.29, 1.82) is 0 Å². The number of rotatable bonds is 2. The van der Waals surface area contributed by atoms with Crippen molar-refractivity contribution in [1.82, 2.24) is 0 Å². The molecule has 1 aliphatic carbocycles. The van der Waals surface area contributed by atoms with Gasteiger partial charge in [-0.05, 0) is 22.7 Å². The van der Waals surface area contributed by atoms with Crippen molar-refractivity contribution in [2.75, 3.05) is 13.2 Å². The molecule has 2 N–H and O–H groups in total. The fourth-order valence-corrected chi connectivity index (χ4v) is 2.44. The molecule has 0 aromatic heterocycles. The first kappa shape index (κ1) is 11.7. The summed E-state index contributed by atoms with van der Waals surface area (Å²) < 4.78 is 0. The second-order valence-electron chi connectivity index (χ2n) is 5.55. The number of hydrogen-bond donors (Lipinski definition) is 2. The summed E-state index contributed by atoms with van der Waals surface area (Å²) in [5.74, 6) is 0.292. The minimum absolute atomic E-state index is 0.0162. The maximum Gasteiger partial charge on any atom is 0.0471 e. The van der Waals surface area contributed by atoms with Crippen molar-refractivity contribution in [2.24, 2.45) is 22.7 Å². The van der Waals surface area contributed by atoms with Crippen molar-refractivity contribution in [3.8, 4) is 0 Å². The first-order valence-electron chi connectivity index (χ1n) is 5.27. The highest BCUT2D eigenvalue weighted by Gasteiger charge is 2.43. The molecule has 1 aliphatic rings. The Labute approximate surface area is 86.6 Å². The average molecular weight is 198 g/mol. The van der Waals surface area contributed by atoms with Crippen molar-refractivity contribution >= 4 is 0 Å². The van der Waals surface area contributed by atoms with Crippen molar-refractivity contribution in [3.63, 3.8) is 0 Å². The van der Waals surface area contributed by atoms with E-state index >= 15 is 0 Å². The molecule has 0 amide bonds. The molecule has 0 aromatic carbocycles. The highest BCUT2D eigenvalue weighted by atomic mass is 16.3. The van der Waals surface area contributed by atoms with Gasteiger partial charge in [-0.2, -0.15) is 0 Å². The topological polar surface area (TPSA) is 40.5 Å². The smallest absolute Gasteiger partial charge is 0.0471 e. The second-order valence-corrected chi connectivity index (χ2v) is 5.55. The molecule has 0 aromatic rings. The summed E-state index contributed by atoms with van der Waals surface area (Å²) >= 11 is 0. The molecule has 14 heavy (non-hydrogen) atoms. The van der Waals surface area contributed by atoms with Gasteiger partial charge in [0.25, 0.3) is 0 Å². The molecule has 82 valence electrons. The molecule has 0 aliphatic heterocycles. The predicted molar refractivity (Wildman–Crippen MR) is 57.9 cm³/mol. The van der Waals surface area contributed by atoms with Crippen LogP contribution in [0, 0.1) is 22.7 Å². The Balaban J connectivity index is 3.05. The SMILES string of the molecule is CC1(C)C=CC(C)(C)C(CO)C1CO. The standard InChI is InChI=1S/C12H22O2/c1-11(2)5-6-12(3,4)10(8-14)9(11)7-13/h5-6,9-10,13-14H,7-8H2,1-4H3. The number of allylic oxidation sites excluding steroid dienone is 2. The molecular weight excluding hydrogens is 176 g/mol. The van der Waals surface area contributed by atoms with Crippen LogP contribution in [0.25, 0.3) is 0 Å². The summed E-state index contributed by atoms with van der Waals surface area (Å²) in [6, 6.07) is 0. The fourth-order valence-electron chi connectivity index (χ4n) is 2.44. The van der Waals surface area contributed by atoms with E-state index < -0.39 is 0 Å². The van der Waals surface area contributed by atoms with E-state index in [1.807, 2.05) is 0 Å². The van der Waals surface area contributed by atoms with Crippen LogP contribution < -0.4 is 0 Å². The van der Waals surface area contributed by atoms with E-state index in [1.165, 1.54) is 0 Å². The highest BCUT2D eigenvalue weighted by molar-refractivity contribution is 5.13. The van der Waals surface area contributed by atoms with Crippen LogP contribution in [0.3, 0.4) is 0 Å². The lowest BCUT2D eigenvalue weighted by molar-refractivity contribution is 0.00136. The van der Waals surface area contributed by atoms with Crippen LogP contribution in [-0.4, -0.2) is 23.4 Å². The zero-order valence-corrected chi connectivity index (χ0v) is 9.62. The Morgan fingerprint density at radius 1 is 0.857 bits per heavy atom. The van der Waals surface area contributed by atoms with Crippen LogP contribution >= 0.6 is 0 Å². The summed E-state index contributed by atoms with van der Waals surface area (Å²) in [5, 5.41) is 18.8. The molecule has 0 saturated heterocycles. The third-order valence-corrected chi connectivity index (χ3v) is 3.73. The van der Waals surface area contributed by atoms with Gasteiger partial charge >= 0.3 is 0 Å². The third kappa shape index (κ3) is 1.86. The zero-order chi connectivity index (χ0) is 11.0. The van der Waals surface area contributed by atoms with Crippen LogP contribution in [-0.2, 0) is 0 Å². The summed E-state index contributed by atoms with van der Waals surface area (Å²) in [5.41, 5.74) is -0.0324. The van der Waals surface area contributed by atoms with Gasteiger partial charge in [0.05, 0.1) is 0 Å². The Morgan fingerprint density at radius 3 is 1.36 bits per heavy atom. The molecule has 0 radical (unpaired) electrons. The Hall–Kier alpha value is -0.340. The van der Waals surface area contributed by atoms with Crippen LogP contribution in [0.2, 0.25) is 0 Å². The van der Waals surface area contributed by atoms with Crippen LogP contribution in [0.4, 0.5) is 0 Å². The lowest BCUT2D eigenvalue weighted by Gasteiger charge is -2.47. The second kappa shape index (κ2) is 3.67. The minimum atomic E-state index is -0.0162. The number of hydrogen-bond acceptors (Lipinski definition) is 2. The summed E-state index contributed by atoms with van der Waals surface area (Å²) in [7, 11) is 0. The fraction of sp³-hybridized carbons (Fsp3) is 0.833. The summed E-state index contributed by atoms with van der Waals surface area (Å²) in [6.45, 7) is 8.74. The lowest BCUT2D eigenvalue weighted by atomic mass is 9.59. The first-order chi connectivity index (χ1) is 6.35. The molecule has 0 fully saturated rings. The first-order valence-corrected chi connectivity index (χ1v) is 5.27. The van der Waals surface area contributed by atoms with E-state index in [-0.39, 0.29) is 35.9 Å². The normalized spacial score (nSPS) is 34.4. The molecule has 2 atom stereocenters. The Kier molecular flexibility index (Phi) is 3.07. The number of aliphatic hydroxyl groups excluding tert-OH is 2. The number of aliphatic hydroxyl groups is 2. The molecule has 0 saturated carbocycles. The average Bonchev–Trinajstić information content (AvgIpc) is 2.09. The van der Waals surface area contributed by atoms with Gasteiger partial charge in [0, 0.05) is 13.2 Å².